The molecule has 0 radical (unpaired) electrons. The Labute approximate surface area is 159 Å². The van der Waals surface area contributed by atoms with E-state index in [0.717, 1.165) is 28.8 Å². The largest absolute Gasteiger partial charge is 0.462 e. The summed E-state index contributed by atoms with van der Waals surface area (Å²) in [6.45, 7) is 6.28. The van der Waals surface area contributed by atoms with Gasteiger partial charge in [0.25, 0.3) is 0 Å². The molecule has 0 saturated carbocycles. The Kier molecular flexibility index (Phi) is 6.52. The molecular weight excluding hydrogens is 350 g/mol. The number of pyridine rings is 2. The lowest BCUT2D eigenvalue weighted by molar-refractivity contribution is 0.0506. The minimum Gasteiger partial charge on any atom is -0.462 e. The number of carbonyl (C=O) groups excluding carboxylic acids is 1. The Bertz CT molecular complexity index is 928. The number of aryl methyl sites for hydroxylation is 2. The van der Waals surface area contributed by atoms with Crippen LogP contribution < -0.4 is 5.32 Å². The Balaban J connectivity index is 0.00000243. The highest BCUT2D eigenvalue weighted by molar-refractivity contribution is 6.05. The number of halogens is 1. The van der Waals surface area contributed by atoms with E-state index in [-0.39, 0.29) is 18.4 Å². The average Bonchev–Trinajstić information content (AvgIpc) is 2.61. The number of aromatic nitrogens is 2. The summed E-state index contributed by atoms with van der Waals surface area (Å²) in [5, 5.41) is 4.17. The van der Waals surface area contributed by atoms with E-state index in [1.165, 1.54) is 6.20 Å². The first-order valence-electron chi connectivity index (χ1n) is 8.36. The fraction of sp³-hybridized carbons (Fsp3) is 0.250. The number of hydrogen-bond acceptors (Lipinski definition) is 5. The number of benzene rings is 1. The summed E-state index contributed by atoms with van der Waals surface area (Å²) in [6, 6.07) is 11.8. The summed E-state index contributed by atoms with van der Waals surface area (Å²) in [5.41, 5.74) is 4.58. The van der Waals surface area contributed by atoms with Crippen molar-refractivity contribution in [2.24, 2.45) is 0 Å². The van der Waals surface area contributed by atoms with Gasteiger partial charge in [-0.15, -0.1) is 12.4 Å². The zero-order valence-corrected chi connectivity index (χ0v) is 15.9. The van der Waals surface area contributed by atoms with Crippen LogP contribution >= 0.6 is 12.4 Å². The van der Waals surface area contributed by atoms with Crippen LogP contribution in [0.5, 0.6) is 0 Å². The molecule has 0 bridgehead atoms. The highest BCUT2D eigenvalue weighted by Crippen LogP contribution is 2.30. The maximum absolute atomic E-state index is 12.5. The molecule has 0 saturated heterocycles. The molecule has 0 fully saturated rings. The first kappa shape index (κ1) is 19.7. The van der Waals surface area contributed by atoms with E-state index in [0.29, 0.717) is 23.5 Å². The molecule has 3 rings (SSSR count). The second kappa shape index (κ2) is 8.63. The van der Waals surface area contributed by atoms with Gasteiger partial charge in [-0.05, 0) is 44.0 Å². The van der Waals surface area contributed by atoms with Crippen LogP contribution in [-0.2, 0) is 4.74 Å². The third kappa shape index (κ3) is 4.11. The molecule has 1 aromatic carbocycles. The summed E-state index contributed by atoms with van der Waals surface area (Å²) < 4.78 is 5.32. The summed E-state index contributed by atoms with van der Waals surface area (Å²) in [6.07, 6.45) is 2.31. The van der Waals surface area contributed by atoms with Crippen molar-refractivity contribution in [3.63, 3.8) is 0 Å². The zero-order chi connectivity index (χ0) is 17.8. The lowest BCUT2D eigenvalue weighted by Crippen LogP contribution is -2.10. The average molecular weight is 372 g/mol. The Hall–Kier alpha value is -2.66. The van der Waals surface area contributed by atoms with Gasteiger partial charge in [0.2, 0.25) is 0 Å². The Morgan fingerprint density at radius 3 is 2.65 bits per heavy atom. The minimum absolute atomic E-state index is 0. The zero-order valence-electron chi connectivity index (χ0n) is 15.1. The van der Waals surface area contributed by atoms with E-state index in [1.54, 1.807) is 0 Å². The van der Waals surface area contributed by atoms with E-state index in [1.807, 2.05) is 57.2 Å². The van der Waals surface area contributed by atoms with Crippen molar-refractivity contribution in [2.75, 3.05) is 11.9 Å². The minimum atomic E-state index is -0.382. The third-order valence-electron chi connectivity index (χ3n) is 3.93. The van der Waals surface area contributed by atoms with E-state index in [2.05, 4.69) is 15.3 Å². The van der Waals surface area contributed by atoms with Crippen LogP contribution in [0, 0.1) is 13.8 Å². The molecule has 0 atom stereocenters. The smallest absolute Gasteiger partial charge is 0.341 e. The number of hydrogen-bond donors (Lipinski definition) is 1. The SMILES string of the molecule is CCCOC(=O)c1cnc2nc(C)ccc2c1Nc1ccccc1C.Cl. The molecule has 1 N–H and O–H groups in total. The number of ether oxygens (including phenoxy) is 1. The highest BCUT2D eigenvalue weighted by Gasteiger charge is 2.18. The first-order chi connectivity index (χ1) is 12.1. The quantitative estimate of drug-likeness (QED) is 0.641. The van der Waals surface area contributed by atoms with Crippen molar-refractivity contribution in [1.82, 2.24) is 9.97 Å². The first-order valence-corrected chi connectivity index (χ1v) is 8.36. The van der Waals surface area contributed by atoms with Crippen LogP contribution in [0.3, 0.4) is 0 Å². The molecule has 0 aliphatic carbocycles. The predicted octanol–water partition coefficient (Wildman–Crippen LogP) is 4.98. The maximum Gasteiger partial charge on any atom is 0.341 e. The monoisotopic (exact) mass is 371 g/mol. The van der Waals surface area contributed by atoms with Gasteiger partial charge in [0.05, 0.1) is 12.3 Å². The van der Waals surface area contributed by atoms with E-state index < -0.39 is 0 Å². The Morgan fingerprint density at radius 2 is 1.92 bits per heavy atom. The second-order valence-electron chi connectivity index (χ2n) is 5.95. The number of nitrogens with one attached hydrogen (secondary N) is 1. The molecule has 26 heavy (non-hydrogen) atoms. The van der Waals surface area contributed by atoms with Crippen molar-refractivity contribution in [3.8, 4) is 0 Å². The number of anilines is 2. The standard InChI is InChI=1S/C20H21N3O2.ClH/c1-4-11-25-20(24)16-12-21-19-15(10-9-14(3)22-19)18(16)23-17-8-6-5-7-13(17)2;/h5-10,12H,4,11H2,1-3H3,(H,21,22,23);1H. The number of para-hydroxylation sites is 1. The van der Waals surface area contributed by atoms with E-state index in [9.17, 15) is 4.79 Å². The van der Waals surface area contributed by atoms with E-state index in [4.69, 9.17) is 4.74 Å². The molecular formula is C20H22ClN3O2. The summed E-state index contributed by atoms with van der Waals surface area (Å²) >= 11 is 0. The Morgan fingerprint density at radius 1 is 1.15 bits per heavy atom. The van der Waals surface area contributed by atoms with Gasteiger partial charge in [0.15, 0.2) is 5.65 Å². The van der Waals surface area contributed by atoms with Crippen LogP contribution in [0.4, 0.5) is 11.4 Å². The lowest BCUT2D eigenvalue weighted by atomic mass is 10.1. The molecule has 0 unspecified atom stereocenters. The fourth-order valence-corrected chi connectivity index (χ4v) is 2.58. The summed E-state index contributed by atoms with van der Waals surface area (Å²) in [4.78, 5) is 21.3. The normalized spacial score (nSPS) is 10.3. The van der Waals surface area contributed by atoms with Crippen LogP contribution in [0.25, 0.3) is 11.0 Å². The topological polar surface area (TPSA) is 64.1 Å². The van der Waals surface area contributed by atoms with Gasteiger partial charge in [-0.25, -0.2) is 14.8 Å². The number of rotatable bonds is 5. The molecule has 136 valence electrons. The van der Waals surface area contributed by atoms with Gasteiger partial charge in [0.1, 0.15) is 5.56 Å². The van der Waals surface area contributed by atoms with Crippen LogP contribution in [0.15, 0.2) is 42.6 Å². The molecule has 0 spiro atoms. The summed E-state index contributed by atoms with van der Waals surface area (Å²) in [5.74, 6) is -0.382. The van der Waals surface area contributed by atoms with Crippen molar-refractivity contribution in [2.45, 2.75) is 27.2 Å². The molecule has 6 heteroatoms. The number of carbonyl (C=O) groups is 1. The highest BCUT2D eigenvalue weighted by atomic mass is 35.5. The third-order valence-corrected chi connectivity index (χ3v) is 3.93. The second-order valence-corrected chi connectivity index (χ2v) is 5.95. The van der Waals surface area contributed by atoms with Crippen LogP contribution in [0.2, 0.25) is 0 Å². The van der Waals surface area contributed by atoms with Gasteiger partial charge >= 0.3 is 5.97 Å². The molecule has 2 aromatic heterocycles. The van der Waals surface area contributed by atoms with Crippen LogP contribution in [0.1, 0.15) is 35.0 Å². The fourth-order valence-electron chi connectivity index (χ4n) is 2.58. The van der Waals surface area contributed by atoms with E-state index >= 15 is 0 Å². The lowest BCUT2D eigenvalue weighted by Gasteiger charge is -2.15. The van der Waals surface area contributed by atoms with Crippen LogP contribution in [-0.4, -0.2) is 22.5 Å². The maximum atomic E-state index is 12.5. The molecule has 5 nitrogen and oxygen atoms in total. The van der Waals surface area contributed by atoms with Gasteiger partial charge in [0, 0.05) is 23.0 Å². The van der Waals surface area contributed by atoms with Gasteiger partial charge < -0.3 is 10.1 Å². The molecule has 0 aliphatic heterocycles. The van der Waals surface area contributed by atoms with Crippen molar-refractivity contribution >= 4 is 40.8 Å². The van der Waals surface area contributed by atoms with Crippen molar-refractivity contribution in [1.29, 1.82) is 0 Å². The van der Waals surface area contributed by atoms with Gasteiger partial charge in [-0.1, -0.05) is 25.1 Å². The molecule has 2 heterocycles. The number of esters is 1. The molecule has 0 aliphatic rings. The van der Waals surface area contributed by atoms with Crippen molar-refractivity contribution in [3.05, 3.63) is 59.4 Å². The molecule has 3 aromatic rings. The van der Waals surface area contributed by atoms with Gasteiger partial charge in [-0.2, -0.15) is 0 Å². The number of fused-ring (bicyclic) bond motifs is 1. The summed E-state index contributed by atoms with van der Waals surface area (Å²) in [7, 11) is 0. The van der Waals surface area contributed by atoms with Gasteiger partial charge in [-0.3, -0.25) is 0 Å². The predicted molar refractivity (Wildman–Crippen MR) is 107 cm³/mol. The number of nitrogens with zero attached hydrogens (tertiary/aromatic N) is 2. The molecule has 0 amide bonds. The van der Waals surface area contributed by atoms with Crippen molar-refractivity contribution < 1.29 is 9.53 Å².